The Hall–Kier alpha value is -4.53. The van der Waals surface area contributed by atoms with Crippen molar-refractivity contribution in [2.75, 3.05) is 24.5 Å². The van der Waals surface area contributed by atoms with Gasteiger partial charge in [-0.15, -0.1) is 0 Å². The molecule has 0 aliphatic carbocycles. The molecule has 5 rings (SSSR count). The molecule has 212 valence electrons. The number of phenolic OH excluding ortho intramolecular Hbond substituents is 1. The first kappa shape index (κ1) is 28.0. The first-order chi connectivity index (χ1) is 19.5. The number of nitrogens with zero attached hydrogens (tertiary/aromatic N) is 4. The van der Waals surface area contributed by atoms with Crippen molar-refractivity contribution >= 4 is 22.5 Å². The number of carbonyl (C=O) groups is 1. The smallest absolute Gasteiger partial charge is 0.257 e. The lowest BCUT2D eigenvalue weighted by Gasteiger charge is -2.41. The van der Waals surface area contributed by atoms with Crippen molar-refractivity contribution in [3.63, 3.8) is 0 Å². The maximum Gasteiger partial charge on any atom is 0.257 e. The topological polar surface area (TPSA) is 78.7 Å². The minimum atomic E-state index is -0.787. The van der Waals surface area contributed by atoms with E-state index in [1.54, 1.807) is 17.2 Å². The quantitative estimate of drug-likeness (QED) is 0.319. The average Bonchev–Trinajstić information content (AvgIpc) is 2.93. The van der Waals surface area contributed by atoms with E-state index in [0.717, 1.165) is 11.6 Å². The highest BCUT2D eigenvalue weighted by Crippen LogP contribution is 2.39. The largest absolute Gasteiger partial charge is 0.507 e. The van der Waals surface area contributed by atoms with Crippen LogP contribution in [0.5, 0.6) is 5.75 Å². The van der Waals surface area contributed by atoms with Gasteiger partial charge in [0.2, 0.25) is 5.91 Å². The van der Waals surface area contributed by atoms with Crippen molar-refractivity contribution < 1.29 is 18.7 Å². The highest BCUT2D eigenvalue weighted by atomic mass is 19.1. The molecule has 0 bridgehead atoms. The van der Waals surface area contributed by atoms with E-state index in [-0.39, 0.29) is 34.6 Å². The molecule has 4 aromatic rings. The van der Waals surface area contributed by atoms with Crippen molar-refractivity contribution in [3.05, 3.63) is 94.6 Å². The van der Waals surface area contributed by atoms with Crippen LogP contribution in [0.25, 0.3) is 27.7 Å². The predicted octanol–water partition coefficient (Wildman–Crippen LogP) is 5.69. The number of hydrogen-bond donors (Lipinski definition) is 1. The van der Waals surface area contributed by atoms with Gasteiger partial charge in [0.15, 0.2) is 0 Å². The number of anilines is 1. The lowest BCUT2D eigenvalue weighted by atomic mass is 9.98. The highest BCUT2D eigenvalue weighted by Gasteiger charge is 2.29. The van der Waals surface area contributed by atoms with E-state index in [1.807, 2.05) is 32.6 Å². The van der Waals surface area contributed by atoms with Crippen LogP contribution in [-0.4, -0.2) is 51.1 Å². The Morgan fingerprint density at radius 1 is 1.15 bits per heavy atom. The average molecular weight is 559 g/mol. The lowest BCUT2D eigenvalue weighted by Crippen LogP contribution is -2.54. The third-order valence-corrected chi connectivity index (χ3v) is 7.69. The van der Waals surface area contributed by atoms with Crippen LogP contribution in [-0.2, 0) is 4.79 Å². The Balaban J connectivity index is 1.82. The van der Waals surface area contributed by atoms with Gasteiger partial charge in [-0.2, -0.15) is 0 Å². The van der Waals surface area contributed by atoms with E-state index in [0.29, 0.717) is 47.6 Å². The molecular weight excluding hydrogens is 526 g/mol. The summed E-state index contributed by atoms with van der Waals surface area (Å²) in [6, 6.07) is 9.59. The van der Waals surface area contributed by atoms with Crippen LogP contribution in [0.2, 0.25) is 0 Å². The number of benzene rings is 2. The molecule has 0 radical (unpaired) electrons. The molecule has 2 aromatic carbocycles. The summed E-state index contributed by atoms with van der Waals surface area (Å²) in [5.74, 6) is -2.15. The second-order valence-corrected chi connectivity index (χ2v) is 10.7. The Labute approximate surface area is 237 Å². The summed E-state index contributed by atoms with van der Waals surface area (Å²) in [6.45, 7) is 12.5. The zero-order chi connectivity index (χ0) is 29.6. The van der Waals surface area contributed by atoms with E-state index in [9.17, 15) is 19.1 Å². The van der Waals surface area contributed by atoms with Crippen LogP contribution in [0.15, 0.2) is 66.1 Å². The molecular formula is C32H32F2N4O3. The molecule has 1 aliphatic heterocycles. The van der Waals surface area contributed by atoms with Crippen molar-refractivity contribution in [2.45, 2.75) is 39.7 Å². The van der Waals surface area contributed by atoms with Gasteiger partial charge in [-0.3, -0.25) is 19.1 Å². The van der Waals surface area contributed by atoms with Crippen molar-refractivity contribution in [1.29, 1.82) is 0 Å². The molecule has 1 atom stereocenters. The second-order valence-electron chi connectivity index (χ2n) is 10.7. The normalized spacial score (nSPS) is 15.5. The third-order valence-electron chi connectivity index (χ3n) is 7.69. The van der Waals surface area contributed by atoms with Crippen LogP contribution in [0, 0.1) is 18.6 Å². The number of aryl methyl sites for hydroxylation is 1. The Bertz CT molecular complexity index is 1730. The van der Waals surface area contributed by atoms with Crippen LogP contribution in [0.3, 0.4) is 0 Å². The number of aromatic nitrogens is 2. The molecule has 41 heavy (non-hydrogen) atoms. The fourth-order valence-electron chi connectivity index (χ4n) is 5.70. The SMILES string of the molecule is C=CC(=O)N1CCN(c2cc(=O)n(-c3c(C)ccnc3C(C)C)c3cc(-c4c(O)cccc4F)c(F)cc23)C[C@@H]1C. The summed E-state index contributed by atoms with van der Waals surface area (Å²) in [5, 5.41) is 10.9. The fraction of sp³-hybridized carbons (Fsp3) is 0.281. The number of aromatic hydroxyl groups is 1. The maximum atomic E-state index is 15.9. The first-order valence-corrected chi connectivity index (χ1v) is 13.5. The van der Waals surface area contributed by atoms with Gasteiger partial charge in [0.25, 0.3) is 5.56 Å². The van der Waals surface area contributed by atoms with Crippen molar-refractivity contribution in [1.82, 2.24) is 14.5 Å². The third kappa shape index (κ3) is 4.85. The number of carbonyl (C=O) groups excluding carboxylic acids is 1. The standard InChI is InChI=1S/C32H32F2N4O3/c1-6-28(40)37-13-12-36(17-20(37)5)25-16-29(41)38(32-19(4)10-11-35-31(32)18(2)3)26-15-21(24(34)14-22(25)26)30-23(33)8-7-9-27(30)39/h6-11,14-16,18,20,39H,1,12-13,17H2,2-5H3/t20-/m0/s1. The van der Waals surface area contributed by atoms with Gasteiger partial charge in [0.05, 0.1) is 28.1 Å². The number of hydrogen-bond acceptors (Lipinski definition) is 5. The molecule has 0 unspecified atom stereocenters. The number of pyridine rings is 2. The summed E-state index contributed by atoms with van der Waals surface area (Å²) in [5.41, 5.74) is 2.11. The fourth-order valence-corrected chi connectivity index (χ4v) is 5.70. The molecule has 0 saturated carbocycles. The van der Waals surface area contributed by atoms with Crippen LogP contribution in [0.1, 0.15) is 37.9 Å². The van der Waals surface area contributed by atoms with Gasteiger partial charge in [-0.1, -0.05) is 26.5 Å². The van der Waals surface area contributed by atoms with E-state index in [1.165, 1.54) is 41.0 Å². The van der Waals surface area contributed by atoms with Gasteiger partial charge < -0.3 is 14.9 Å². The number of rotatable bonds is 5. The van der Waals surface area contributed by atoms with Crippen LogP contribution < -0.4 is 10.5 Å². The Morgan fingerprint density at radius 2 is 1.90 bits per heavy atom. The highest BCUT2D eigenvalue weighted by molar-refractivity contribution is 5.96. The first-order valence-electron chi connectivity index (χ1n) is 13.5. The summed E-state index contributed by atoms with van der Waals surface area (Å²) in [6.07, 6.45) is 2.96. The van der Waals surface area contributed by atoms with Gasteiger partial charge in [-0.05, 0) is 61.7 Å². The number of fused-ring (bicyclic) bond motifs is 1. The van der Waals surface area contributed by atoms with E-state index in [4.69, 9.17) is 0 Å². The van der Waals surface area contributed by atoms with E-state index in [2.05, 4.69) is 11.6 Å². The minimum absolute atomic E-state index is 0.0293. The second kappa shape index (κ2) is 10.8. The Morgan fingerprint density at radius 3 is 2.56 bits per heavy atom. The van der Waals surface area contributed by atoms with Gasteiger partial charge in [0, 0.05) is 48.9 Å². The van der Waals surface area contributed by atoms with Crippen LogP contribution >= 0.6 is 0 Å². The zero-order valence-electron chi connectivity index (χ0n) is 23.5. The lowest BCUT2D eigenvalue weighted by molar-refractivity contribution is -0.128. The summed E-state index contributed by atoms with van der Waals surface area (Å²) < 4.78 is 32.3. The predicted molar refractivity (Wildman–Crippen MR) is 157 cm³/mol. The summed E-state index contributed by atoms with van der Waals surface area (Å²) in [4.78, 5) is 34.5. The zero-order valence-corrected chi connectivity index (χ0v) is 23.5. The number of amides is 1. The Kier molecular flexibility index (Phi) is 7.38. The number of piperazine rings is 1. The van der Waals surface area contributed by atoms with E-state index < -0.39 is 17.4 Å². The van der Waals surface area contributed by atoms with Crippen molar-refractivity contribution in [2.24, 2.45) is 0 Å². The molecule has 1 amide bonds. The monoisotopic (exact) mass is 558 g/mol. The number of phenols is 1. The molecule has 7 nitrogen and oxygen atoms in total. The molecule has 2 aromatic heterocycles. The molecule has 1 saturated heterocycles. The van der Waals surface area contributed by atoms with Gasteiger partial charge in [-0.25, -0.2) is 8.78 Å². The van der Waals surface area contributed by atoms with E-state index >= 15 is 4.39 Å². The van der Waals surface area contributed by atoms with Gasteiger partial charge >= 0.3 is 0 Å². The van der Waals surface area contributed by atoms with Crippen molar-refractivity contribution in [3.8, 4) is 22.6 Å². The van der Waals surface area contributed by atoms with Gasteiger partial charge in [0.1, 0.15) is 17.4 Å². The molecule has 1 fully saturated rings. The maximum absolute atomic E-state index is 15.9. The minimum Gasteiger partial charge on any atom is -0.507 e. The molecule has 1 N–H and O–H groups in total. The molecule has 1 aliphatic rings. The molecule has 0 spiro atoms. The number of halogens is 2. The summed E-state index contributed by atoms with van der Waals surface area (Å²) in [7, 11) is 0. The molecule has 9 heteroatoms. The molecule has 3 heterocycles. The van der Waals surface area contributed by atoms with Crippen LogP contribution in [0.4, 0.5) is 14.5 Å². The summed E-state index contributed by atoms with van der Waals surface area (Å²) >= 11 is 0.